The lowest BCUT2D eigenvalue weighted by Gasteiger charge is -2.41. The van der Waals surface area contributed by atoms with Crippen LogP contribution >= 0.6 is 0 Å². The van der Waals surface area contributed by atoms with E-state index in [1.165, 1.54) is 11.4 Å². The van der Waals surface area contributed by atoms with Gasteiger partial charge in [0.1, 0.15) is 0 Å². The molecule has 0 unspecified atom stereocenters. The summed E-state index contributed by atoms with van der Waals surface area (Å²) in [6.07, 6.45) is 0. The van der Waals surface area contributed by atoms with Crippen molar-refractivity contribution < 1.29 is 0 Å². The van der Waals surface area contributed by atoms with Crippen molar-refractivity contribution in [2.24, 2.45) is 5.41 Å². The van der Waals surface area contributed by atoms with Crippen molar-refractivity contribution >= 4 is 11.4 Å². The minimum absolute atomic E-state index is 0.291. The third-order valence-electron chi connectivity index (χ3n) is 3.81. The largest absolute Gasteiger partial charge is 0.371 e. The highest BCUT2D eigenvalue weighted by atomic mass is 15.3. The molecular formula is C16H27N3. The first-order valence-electron chi connectivity index (χ1n) is 7.29. The molecule has 0 bridgehead atoms. The Labute approximate surface area is 117 Å². The van der Waals surface area contributed by atoms with Crippen LogP contribution in [0.3, 0.4) is 0 Å². The Hall–Kier alpha value is -1.22. The molecule has 1 aromatic rings. The summed E-state index contributed by atoms with van der Waals surface area (Å²) in [5.41, 5.74) is 3.02. The molecule has 0 saturated carbocycles. The van der Waals surface area contributed by atoms with Gasteiger partial charge < -0.3 is 15.1 Å². The van der Waals surface area contributed by atoms with Crippen molar-refractivity contribution in [1.29, 1.82) is 0 Å². The van der Waals surface area contributed by atoms with E-state index in [-0.39, 0.29) is 0 Å². The van der Waals surface area contributed by atoms with Crippen LogP contribution in [0.25, 0.3) is 0 Å². The van der Waals surface area contributed by atoms with E-state index in [2.05, 4.69) is 67.2 Å². The maximum Gasteiger partial charge on any atom is 0.0604 e. The number of para-hydroxylation sites is 2. The van der Waals surface area contributed by atoms with Gasteiger partial charge >= 0.3 is 0 Å². The average Bonchev–Trinajstić information content (AvgIpc) is 2.40. The number of hydrogen-bond acceptors (Lipinski definition) is 3. The van der Waals surface area contributed by atoms with Crippen molar-refractivity contribution in [3.63, 3.8) is 0 Å². The number of fused-ring (bicyclic) bond motifs is 1. The van der Waals surface area contributed by atoms with Crippen LogP contribution in [-0.4, -0.2) is 39.8 Å². The summed E-state index contributed by atoms with van der Waals surface area (Å²) in [5.74, 6) is 0. The minimum Gasteiger partial charge on any atom is -0.371 e. The molecule has 106 valence electrons. The number of hydrogen-bond donors (Lipinski definition) is 1. The lowest BCUT2D eigenvalue weighted by molar-refractivity contribution is 0.344. The van der Waals surface area contributed by atoms with E-state index in [4.69, 9.17) is 0 Å². The number of rotatable bonds is 5. The van der Waals surface area contributed by atoms with Crippen molar-refractivity contribution in [1.82, 2.24) is 5.32 Å². The van der Waals surface area contributed by atoms with E-state index in [0.29, 0.717) is 5.41 Å². The van der Waals surface area contributed by atoms with Gasteiger partial charge in [0.05, 0.1) is 11.4 Å². The minimum atomic E-state index is 0.291. The van der Waals surface area contributed by atoms with E-state index < -0.39 is 0 Å². The number of anilines is 2. The Kier molecular flexibility index (Phi) is 4.35. The maximum atomic E-state index is 3.47. The van der Waals surface area contributed by atoms with Gasteiger partial charge in [-0.3, -0.25) is 0 Å². The number of benzene rings is 1. The lowest BCUT2D eigenvalue weighted by Crippen LogP contribution is -2.46. The standard InChI is InChI=1S/C16H27N3/c1-5-17-12-16(2,3)13-19-11-10-18(4)14-8-6-7-9-15(14)19/h6-9,17H,5,10-13H2,1-4H3. The average molecular weight is 261 g/mol. The molecule has 19 heavy (non-hydrogen) atoms. The van der Waals surface area contributed by atoms with Gasteiger partial charge in [-0.25, -0.2) is 0 Å². The zero-order valence-corrected chi connectivity index (χ0v) is 12.7. The molecule has 0 atom stereocenters. The molecular weight excluding hydrogens is 234 g/mol. The quantitative estimate of drug-likeness (QED) is 0.879. The van der Waals surface area contributed by atoms with Crippen LogP contribution in [0.4, 0.5) is 11.4 Å². The predicted octanol–water partition coefficient (Wildman–Crippen LogP) is 2.58. The second-order valence-corrected chi connectivity index (χ2v) is 6.28. The van der Waals surface area contributed by atoms with Gasteiger partial charge in [-0.05, 0) is 24.1 Å². The Morgan fingerprint density at radius 1 is 1.16 bits per heavy atom. The summed E-state index contributed by atoms with van der Waals surface area (Å²) in [7, 11) is 2.18. The fourth-order valence-corrected chi connectivity index (χ4v) is 2.77. The summed E-state index contributed by atoms with van der Waals surface area (Å²) in [6.45, 7) is 12.3. The molecule has 1 aliphatic heterocycles. The highest BCUT2D eigenvalue weighted by Crippen LogP contribution is 2.33. The first kappa shape index (κ1) is 14.2. The molecule has 1 N–H and O–H groups in total. The van der Waals surface area contributed by atoms with Gasteiger partial charge in [0.25, 0.3) is 0 Å². The third kappa shape index (κ3) is 3.41. The smallest absolute Gasteiger partial charge is 0.0604 e. The molecule has 2 rings (SSSR count). The molecule has 0 radical (unpaired) electrons. The molecule has 3 nitrogen and oxygen atoms in total. The maximum absolute atomic E-state index is 3.47. The Bertz CT molecular complexity index is 414. The van der Waals surface area contributed by atoms with Crippen molar-refractivity contribution in [2.45, 2.75) is 20.8 Å². The molecule has 1 heterocycles. The van der Waals surface area contributed by atoms with Crippen LogP contribution in [0.2, 0.25) is 0 Å². The van der Waals surface area contributed by atoms with Gasteiger partial charge in [0, 0.05) is 33.2 Å². The molecule has 0 fully saturated rings. The summed E-state index contributed by atoms with van der Waals surface area (Å²) in [5, 5.41) is 3.47. The molecule has 0 spiro atoms. The SMILES string of the molecule is CCNCC(C)(C)CN1CCN(C)c2ccccc21. The molecule has 0 saturated heterocycles. The van der Waals surface area contributed by atoms with E-state index in [1.807, 2.05) is 0 Å². The number of nitrogens with zero attached hydrogens (tertiary/aromatic N) is 2. The predicted molar refractivity (Wildman–Crippen MR) is 84.2 cm³/mol. The normalized spacial score (nSPS) is 15.6. The lowest BCUT2D eigenvalue weighted by atomic mass is 9.92. The van der Waals surface area contributed by atoms with E-state index in [1.54, 1.807) is 0 Å². The fourth-order valence-electron chi connectivity index (χ4n) is 2.77. The van der Waals surface area contributed by atoms with Crippen LogP contribution in [-0.2, 0) is 0 Å². The van der Waals surface area contributed by atoms with Crippen LogP contribution in [0.1, 0.15) is 20.8 Å². The Morgan fingerprint density at radius 2 is 1.84 bits per heavy atom. The molecule has 1 aliphatic rings. The summed E-state index contributed by atoms with van der Waals surface area (Å²) in [4.78, 5) is 4.88. The second kappa shape index (κ2) is 5.83. The summed E-state index contributed by atoms with van der Waals surface area (Å²) in [6, 6.07) is 8.73. The molecule has 3 heteroatoms. The molecule has 1 aromatic carbocycles. The number of likely N-dealkylation sites (N-methyl/N-ethyl adjacent to an activating group) is 1. The van der Waals surface area contributed by atoms with Gasteiger partial charge in [-0.15, -0.1) is 0 Å². The van der Waals surface area contributed by atoms with Crippen LogP contribution in [0, 0.1) is 5.41 Å². The van der Waals surface area contributed by atoms with Crippen LogP contribution in [0.5, 0.6) is 0 Å². The summed E-state index contributed by atoms with van der Waals surface area (Å²) < 4.78 is 0. The van der Waals surface area contributed by atoms with Crippen LogP contribution < -0.4 is 15.1 Å². The topological polar surface area (TPSA) is 18.5 Å². The van der Waals surface area contributed by atoms with Gasteiger partial charge in [0.15, 0.2) is 0 Å². The first-order valence-corrected chi connectivity index (χ1v) is 7.29. The molecule has 0 aromatic heterocycles. The molecule has 0 aliphatic carbocycles. The monoisotopic (exact) mass is 261 g/mol. The van der Waals surface area contributed by atoms with Gasteiger partial charge in [-0.2, -0.15) is 0 Å². The first-order chi connectivity index (χ1) is 9.03. The Balaban J connectivity index is 2.12. The van der Waals surface area contributed by atoms with E-state index >= 15 is 0 Å². The molecule has 0 amide bonds. The Morgan fingerprint density at radius 3 is 2.53 bits per heavy atom. The highest BCUT2D eigenvalue weighted by molar-refractivity contribution is 5.73. The van der Waals surface area contributed by atoms with Crippen molar-refractivity contribution in [3.8, 4) is 0 Å². The zero-order chi connectivity index (χ0) is 13.9. The fraction of sp³-hybridized carbons (Fsp3) is 0.625. The van der Waals surface area contributed by atoms with Crippen molar-refractivity contribution in [2.75, 3.05) is 49.6 Å². The second-order valence-electron chi connectivity index (χ2n) is 6.28. The summed E-state index contributed by atoms with van der Waals surface area (Å²) >= 11 is 0. The third-order valence-corrected chi connectivity index (χ3v) is 3.81. The highest BCUT2D eigenvalue weighted by Gasteiger charge is 2.26. The number of nitrogens with one attached hydrogen (secondary N) is 1. The van der Waals surface area contributed by atoms with E-state index in [9.17, 15) is 0 Å². The van der Waals surface area contributed by atoms with E-state index in [0.717, 1.165) is 32.7 Å². The zero-order valence-electron chi connectivity index (χ0n) is 12.7. The van der Waals surface area contributed by atoms with Gasteiger partial charge in [0.2, 0.25) is 0 Å². The van der Waals surface area contributed by atoms with Gasteiger partial charge in [-0.1, -0.05) is 32.9 Å². The van der Waals surface area contributed by atoms with Crippen molar-refractivity contribution in [3.05, 3.63) is 24.3 Å². The van der Waals surface area contributed by atoms with Crippen LogP contribution in [0.15, 0.2) is 24.3 Å².